The minimum absolute atomic E-state index is 0.109. The molecule has 0 aromatic heterocycles. The molecule has 1 aromatic rings. The minimum atomic E-state index is -0.319. The Hall–Kier alpha value is -2.30. The van der Waals surface area contributed by atoms with Crippen LogP contribution in [0.15, 0.2) is 36.4 Å². The van der Waals surface area contributed by atoms with Gasteiger partial charge in [-0.15, -0.1) is 0 Å². The van der Waals surface area contributed by atoms with Crippen LogP contribution in [0.1, 0.15) is 58.8 Å². The second-order valence-corrected chi connectivity index (χ2v) is 6.86. The standard InChI is InChI=1S/C22H30O5/c1-3-5-6-16-25-18-12-14-20(15-13-18)27-22(24)17-8-10-19(11-9-17)26-21(23)7-4-2/h4,7,12-15,17,19H,3,5-6,8-11,16H2,1-2H3/b7-4+/t17-,19-. The summed E-state index contributed by atoms with van der Waals surface area (Å²) in [4.78, 5) is 23.8. The first kappa shape index (κ1) is 21.0. The van der Waals surface area contributed by atoms with Crippen LogP contribution in [-0.4, -0.2) is 24.6 Å². The highest BCUT2D eigenvalue weighted by Crippen LogP contribution is 2.28. The van der Waals surface area contributed by atoms with Crippen molar-refractivity contribution in [3.8, 4) is 11.5 Å². The molecular formula is C22H30O5. The average molecular weight is 374 g/mol. The SMILES string of the molecule is C/C=C/C(=O)O[C@H]1CC[C@H](C(=O)Oc2ccc(OCCCCC)cc2)CC1. The van der Waals surface area contributed by atoms with Gasteiger partial charge in [0.2, 0.25) is 0 Å². The van der Waals surface area contributed by atoms with Crippen molar-refractivity contribution in [2.45, 2.75) is 64.9 Å². The van der Waals surface area contributed by atoms with Crippen molar-refractivity contribution in [1.82, 2.24) is 0 Å². The predicted octanol–water partition coefficient (Wildman–Crippen LogP) is 4.84. The molecule has 0 heterocycles. The first-order valence-electron chi connectivity index (χ1n) is 9.90. The van der Waals surface area contributed by atoms with Crippen LogP contribution in [0.3, 0.4) is 0 Å². The zero-order valence-corrected chi connectivity index (χ0v) is 16.3. The molecule has 2 rings (SSSR count). The number of carbonyl (C=O) groups excluding carboxylic acids is 2. The van der Waals surface area contributed by atoms with Crippen LogP contribution < -0.4 is 9.47 Å². The Bertz CT molecular complexity index is 612. The maximum Gasteiger partial charge on any atom is 0.330 e. The van der Waals surface area contributed by atoms with Crippen LogP contribution in [0.25, 0.3) is 0 Å². The molecule has 0 amide bonds. The van der Waals surface area contributed by atoms with Gasteiger partial charge in [-0.2, -0.15) is 0 Å². The first-order valence-corrected chi connectivity index (χ1v) is 9.90. The third-order valence-corrected chi connectivity index (χ3v) is 4.65. The Labute approximate surface area is 161 Å². The molecule has 0 spiro atoms. The molecule has 0 unspecified atom stereocenters. The lowest BCUT2D eigenvalue weighted by atomic mass is 9.87. The normalized spacial score (nSPS) is 19.6. The molecule has 5 heteroatoms. The Morgan fingerprint density at radius 1 is 1.04 bits per heavy atom. The number of unbranched alkanes of at least 4 members (excludes halogenated alkanes) is 2. The molecule has 1 aromatic carbocycles. The van der Waals surface area contributed by atoms with Gasteiger partial charge < -0.3 is 14.2 Å². The monoisotopic (exact) mass is 374 g/mol. The molecule has 0 saturated heterocycles. The molecular weight excluding hydrogens is 344 g/mol. The molecule has 1 saturated carbocycles. The van der Waals surface area contributed by atoms with E-state index in [2.05, 4.69) is 6.92 Å². The molecule has 0 N–H and O–H groups in total. The summed E-state index contributed by atoms with van der Waals surface area (Å²) in [6.45, 7) is 4.64. The van der Waals surface area contributed by atoms with Gasteiger partial charge in [-0.25, -0.2) is 4.79 Å². The topological polar surface area (TPSA) is 61.8 Å². The molecule has 0 aliphatic heterocycles. The molecule has 0 bridgehead atoms. The van der Waals surface area contributed by atoms with Crippen LogP contribution in [0.5, 0.6) is 11.5 Å². The maximum atomic E-state index is 12.4. The largest absolute Gasteiger partial charge is 0.494 e. The molecule has 1 aliphatic rings. The maximum absolute atomic E-state index is 12.4. The van der Waals surface area contributed by atoms with Crippen molar-refractivity contribution in [3.63, 3.8) is 0 Å². The highest BCUT2D eigenvalue weighted by molar-refractivity contribution is 5.82. The van der Waals surface area contributed by atoms with Crippen LogP contribution in [-0.2, 0) is 14.3 Å². The average Bonchev–Trinajstić information content (AvgIpc) is 2.67. The summed E-state index contributed by atoms with van der Waals surface area (Å²) in [5.41, 5.74) is 0. The van der Waals surface area contributed by atoms with E-state index in [9.17, 15) is 9.59 Å². The fraction of sp³-hybridized carbons (Fsp3) is 0.545. The van der Waals surface area contributed by atoms with Gasteiger partial charge in [0.05, 0.1) is 12.5 Å². The van der Waals surface area contributed by atoms with Crippen LogP contribution >= 0.6 is 0 Å². The van der Waals surface area contributed by atoms with Gasteiger partial charge in [0.25, 0.3) is 0 Å². The Morgan fingerprint density at radius 3 is 2.33 bits per heavy atom. The van der Waals surface area contributed by atoms with E-state index in [1.807, 2.05) is 12.1 Å². The number of hydrogen-bond acceptors (Lipinski definition) is 5. The summed E-state index contributed by atoms with van der Waals surface area (Å²) >= 11 is 0. The molecule has 27 heavy (non-hydrogen) atoms. The van der Waals surface area contributed by atoms with Gasteiger partial charge in [-0.05, 0) is 63.3 Å². The highest BCUT2D eigenvalue weighted by atomic mass is 16.5. The van der Waals surface area contributed by atoms with Crippen LogP contribution in [0.4, 0.5) is 0 Å². The van der Waals surface area contributed by atoms with E-state index in [1.165, 1.54) is 12.5 Å². The fourth-order valence-corrected chi connectivity index (χ4v) is 3.10. The third kappa shape index (κ3) is 7.45. The van der Waals surface area contributed by atoms with Gasteiger partial charge >= 0.3 is 11.9 Å². The van der Waals surface area contributed by atoms with Gasteiger partial charge in [-0.3, -0.25) is 4.79 Å². The van der Waals surface area contributed by atoms with Crippen molar-refractivity contribution < 1.29 is 23.8 Å². The smallest absolute Gasteiger partial charge is 0.330 e. The van der Waals surface area contributed by atoms with Crippen molar-refractivity contribution in [2.75, 3.05) is 6.61 Å². The number of hydrogen-bond donors (Lipinski definition) is 0. The lowest BCUT2D eigenvalue weighted by Crippen LogP contribution is -2.29. The second kappa shape index (κ2) is 11.4. The molecule has 0 atom stereocenters. The van der Waals surface area contributed by atoms with E-state index < -0.39 is 0 Å². The number of allylic oxidation sites excluding steroid dienone is 1. The van der Waals surface area contributed by atoms with E-state index >= 15 is 0 Å². The second-order valence-electron chi connectivity index (χ2n) is 6.86. The van der Waals surface area contributed by atoms with E-state index in [4.69, 9.17) is 14.2 Å². The van der Waals surface area contributed by atoms with Crippen molar-refractivity contribution in [3.05, 3.63) is 36.4 Å². The lowest BCUT2D eigenvalue weighted by molar-refractivity contribution is -0.147. The summed E-state index contributed by atoms with van der Waals surface area (Å²) in [7, 11) is 0. The van der Waals surface area contributed by atoms with E-state index in [-0.39, 0.29) is 24.0 Å². The van der Waals surface area contributed by atoms with E-state index in [0.717, 1.165) is 18.6 Å². The summed E-state index contributed by atoms with van der Waals surface area (Å²) in [5, 5.41) is 0. The zero-order valence-electron chi connectivity index (χ0n) is 16.3. The number of ether oxygens (including phenoxy) is 3. The third-order valence-electron chi connectivity index (χ3n) is 4.65. The van der Waals surface area contributed by atoms with Crippen LogP contribution in [0, 0.1) is 5.92 Å². The molecule has 1 aliphatic carbocycles. The minimum Gasteiger partial charge on any atom is -0.494 e. The number of esters is 2. The van der Waals surface area contributed by atoms with Gasteiger partial charge in [-0.1, -0.05) is 25.8 Å². The van der Waals surface area contributed by atoms with Crippen molar-refractivity contribution in [1.29, 1.82) is 0 Å². The Kier molecular flexibility index (Phi) is 8.89. The molecule has 0 radical (unpaired) electrons. The van der Waals surface area contributed by atoms with Crippen LogP contribution in [0.2, 0.25) is 0 Å². The summed E-state index contributed by atoms with van der Waals surface area (Å²) in [6.07, 6.45) is 9.05. The number of benzene rings is 1. The van der Waals surface area contributed by atoms with Crippen molar-refractivity contribution >= 4 is 11.9 Å². The van der Waals surface area contributed by atoms with Crippen molar-refractivity contribution in [2.24, 2.45) is 5.92 Å². The highest BCUT2D eigenvalue weighted by Gasteiger charge is 2.29. The molecule has 148 valence electrons. The van der Waals surface area contributed by atoms with Gasteiger partial charge in [0, 0.05) is 6.08 Å². The van der Waals surface area contributed by atoms with E-state index in [1.54, 1.807) is 25.1 Å². The number of rotatable bonds is 9. The zero-order chi connectivity index (χ0) is 19.5. The number of carbonyl (C=O) groups is 2. The summed E-state index contributed by atoms with van der Waals surface area (Å²) < 4.78 is 16.5. The molecule has 1 fully saturated rings. The Morgan fingerprint density at radius 2 is 1.70 bits per heavy atom. The fourth-order valence-electron chi connectivity index (χ4n) is 3.10. The Balaban J connectivity index is 1.73. The predicted molar refractivity (Wildman–Crippen MR) is 104 cm³/mol. The lowest BCUT2D eigenvalue weighted by Gasteiger charge is -2.26. The quantitative estimate of drug-likeness (QED) is 0.268. The summed E-state index contributed by atoms with van der Waals surface area (Å²) in [6, 6.07) is 7.17. The van der Waals surface area contributed by atoms with Gasteiger partial charge in [0.1, 0.15) is 17.6 Å². The first-order chi connectivity index (χ1) is 13.1. The summed E-state index contributed by atoms with van der Waals surface area (Å²) in [5.74, 6) is 0.633. The molecule has 5 nitrogen and oxygen atoms in total. The van der Waals surface area contributed by atoms with E-state index in [0.29, 0.717) is 38.0 Å². The van der Waals surface area contributed by atoms with Gasteiger partial charge in [0.15, 0.2) is 0 Å².